The Kier molecular flexibility index (Phi) is 6.77. The van der Waals surface area contributed by atoms with Gasteiger partial charge in [0.15, 0.2) is 16.7 Å². The number of phenols is 1. The van der Waals surface area contributed by atoms with Crippen molar-refractivity contribution < 1.29 is 19.1 Å². The van der Waals surface area contributed by atoms with Crippen LogP contribution in [-0.2, 0) is 11.3 Å². The van der Waals surface area contributed by atoms with Gasteiger partial charge in [-0.3, -0.25) is 9.69 Å². The Morgan fingerprint density at radius 1 is 1.19 bits per heavy atom. The first-order valence-corrected chi connectivity index (χ1v) is 11.1. The van der Waals surface area contributed by atoms with Gasteiger partial charge in [0.2, 0.25) is 0 Å². The highest BCUT2D eigenvalue weighted by Gasteiger charge is 2.34. The Bertz CT molecular complexity index is 1220. The zero-order chi connectivity index (χ0) is 22.5. The van der Waals surface area contributed by atoms with Crippen LogP contribution in [-0.4, -0.2) is 34.4 Å². The van der Waals surface area contributed by atoms with Gasteiger partial charge < -0.3 is 14.3 Å². The molecule has 0 atom stereocenters. The van der Waals surface area contributed by atoms with E-state index in [9.17, 15) is 9.90 Å². The molecule has 0 saturated carbocycles. The van der Waals surface area contributed by atoms with Crippen LogP contribution in [0.5, 0.6) is 11.5 Å². The second-order valence-corrected chi connectivity index (χ2v) is 8.62. The first kappa shape index (κ1) is 21.9. The molecule has 2 heterocycles. The maximum absolute atomic E-state index is 13.1. The number of methoxy groups -OCH3 is 1. The number of aromatic hydroxyl groups is 1. The van der Waals surface area contributed by atoms with Crippen LogP contribution in [0.1, 0.15) is 16.9 Å². The molecule has 0 unspecified atom stereocenters. The molecule has 4 rings (SSSR count). The van der Waals surface area contributed by atoms with E-state index in [-0.39, 0.29) is 18.2 Å². The lowest BCUT2D eigenvalue weighted by molar-refractivity contribution is -0.122. The summed E-state index contributed by atoms with van der Waals surface area (Å²) in [6.45, 7) is 0.246. The molecule has 3 aromatic rings. The monoisotopic (exact) mass is 511 g/mol. The molecule has 1 aliphatic rings. The van der Waals surface area contributed by atoms with E-state index in [1.165, 1.54) is 36.1 Å². The second kappa shape index (κ2) is 9.88. The zero-order valence-electron chi connectivity index (χ0n) is 16.9. The molecule has 162 valence electrons. The van der Waals surface area contributed by atoms with E-state index < -0.39 is 0 Å². The molecule has 2 aromatic carbocycles. The van der Waals surface area contributed by atoms with Gasteiger partial charge in [-0.2, -0.15) is 5.10 Å². The number of ether oxygens (including phenoxy) is 1. The highest BCUT2D eigenvalue weighted by molar-refractivity contribution is 9.10. The molecular formula is C23H18BrN3O4S. The highest BCUT2D eigenvalue weighted by Crippen LogP contribution is 2.34. The first-order valence-electron chi connectivity index (χ1n) is 9.51. The Labute approximate surface area is 197 Å². The fraction of sp³-hybridized carbons (Fsp3) is 0.0870. The molecule has 1 saturated heterocycles. The third-order valence-corrected chi connectivity index (χ3v) is 5.97. The van der Waals surface area contributed by atoms with Gasteiger partial charge in [-0.25, -0.2) is 0 Å². The van der Waals surface area contributed by atoms with Crippen molar-refractivity contribution in [3.8, 4) is 11.5 Å². The van der Waals surface area contributed by atoms with Crippen molar-refractivity contribution in [1.82, 2.24) is 4.90 Å². The third-order valence-electron chi connectivity index (χ3n) is 4.48. The molecule has 0 radical (unpaired) electrons. The highest BCUT2D eigenvalue weighted by atomic mass is 79.9. The third kappa shape index (κ3) is 5.12. The van der Waals surface area contributed by atoms with Gasteiger partial charge in [0.05, 0.1) is 31.0 Å². The van der Waals surface area contributed by atoms with E-state index in [4.69, 9.17) is 9.15 Å². The fourth-order valence-corrected chi connectivity index (χ4v) is 4.30. The molecule has 1 aromatic heterocycles. The van der Waals surface area contributed by atoms with Crippen molar-refractivity contribution in [2.24, 2.45) is 10.2 Å². The molecule has 1 aliphatic heterocycles. The molecular weight excluding hydrogens is 494 g/mol. The van der Waals surface area contributed by atoms with E-state index in [1.807, 2.05) is 30.3 Å². The maximum atomic E-state index is 13.1. The van der Waals surface area contributed by atoms with Crippen LogP contribution in [0.2, 0.25) is 0 Å². The Hall–Kier alpha value is -3.30. The summed E-state index contributed by atoms with van der Waals surface area (Å²) >= 11 is 4.70. The smallest absolute Gasteiger partial charge is 0.267 e. The number of furan rings is 1. The Morgan fingerprint density at radius 2 is 2.06 bits per heavy atom. The number of rotatable bonds is 6. The number of amides is 1. The van der Waals surface area contributed by atoms with Gasteiger partial charge in [-0.05, 0) is 71.4 Å². The Morgan fingerprint density at radius 3 is 2.81 bits per heavy atom. The summed E-state index contributed by atoms with van der Waals surface area (Å²) < 4.78 is 11.4. The predicted molar refractivity (Wildman–Crippen MR) is 129 cm³/mol. The van der Waals surface area contributed by atoms with Gasteiger partial charge in [0.25, 0.3) is 5.91 Å². The second-order valence-electron chi connectivity index (χ2n) is 6.69. The number of carbonyl (C=O) groups excluding carboxylic acids is 1. The summed E-state index contributed by atoms with van der Waals surface area (Å²) in [5, 5.41) is 18.6. The Balaban J connectivity index is 1.62. The summed E-state index contributed by atoms with van der Waals surface area (Å²) in [6.07, 6.45) is 4.92. The fourth-order valence-electron chi connectivity index (χ4n) is 2.95. The topological polar surface area (TPSA) is 87.6 Å². The van der Waals surface area contributed by atoms with Crippen molar-refractivity contribution in [3.05, 3.63) is 87.1 Å². The molecule has 7 nitrogen and oxygen atoms in total. The number of thioether (sulfide) groups is 1. The molecule has 1 N–H and O–H groups in total. The number of amidine groups is 1. The lowest BCUT2D eigenvalue weighted by Crippen LogP contribution is -2.28. The average Bonchev–Trinajstić information content (AvgIpc) is 3.39. The summed E-state index contributed by atoms with van der Waals surface area (Å²) in [5.74, 6) is 0.847. The minimum atomic E-state index is -0.174. The number of benzene rings is 2. The molecule has 0 spiro atoms. The predicted octanol–water partition coefficient (Wildman–Crippen LogP) is 5.26. The largest absolute Gasteiger partial charge is 0.504 e. The van der Waals surface area contributed by atoms with Crippen molar-refractivity contribution >= 4 is 51.1 Å². The van der Waals surface area contributed by atoms with Gasteiger partial charge in [0, 0.05) is 4.47 Å². The number of nitrogens with zero attached hydrogens (tertiary/aromatic N) is 3. The molecule has 32 heavy (non-hydrogen) atoms. The normalized spacial score (nSPS) is 16.6. The number of carbonyl (C=O) groups is 1. The van der Waals surface area contributed by atoms with Crippen molar-refractivity contribution in [3.63, 3.8) is 0 Å². The van der Waals surface area contributed by atoms with Crippen LogP contribution in [0.3, 0.4) is 0 Å². The van der Waals surface area contributed by atoms with Crippen LogP contribution in [0.15, 0.2) is 84.9 Å². The lowest BCUT2D eigenvalue weighted by Gasteiger charge is -2.12. The minimum absolute atomic E-state index is 0.0415. The molecule has 0 aliphatic carbocycles. The summed E-state index contributed by atoms with van der Waals surface area (Å²) in [7, 11) is 1.47. The van der Waals surface area contributed by atoms with Gasteiger partial charge >= 0.3 is 0 Å². The van der Waals surface area contributed by atoms with Crippen LogP contribution < -0.4 is 4.74 Å². The van der Waals surface area contributed by atoms with Gasteiger partial charge in [-0.15, -0.1) is 5.10 Å². The van der Waals surface area contributed by atoms with Gasteiger partial charge in [-0.1, -0.05) is 28.1 Å². The van der Waals surface area contributed by atoms with E-state index in [1.54, 1.807) is 30.5 Å². The molecule has 1 fully saturated rings. The molecule has 9 heteroatoms. The van der Waals surface area contributed by atoms with Crippen molar-refractivity contribution in [1.29, 1.82) is 0 Å². The van der Waals surface area contributed by atoms with Crippen LogP contribution in [0.4, 0.5) is 0 Å². The minimum Gasteiger partial charge on any atom is -0.504 e. The summed E-state index contributed by atoms with van der Waals surface area (Å²) in [4.78, 5) is 15.2. The van der Waals surface area contributed by atoms with E-state index >= 15 is 0 Å². The first-order chi connectivity index (χ1) is 15.5. The molecule has 0 bridgehead atoms. The summed E-state index contributed by atoms with van der Waals surface area (Å²) in [6, 6.07) is 16.1. The van der Waals surface area contributed by atoms with Crippen LogP contribution in [0.25, 0.3) is 6.08 Å². The van der Waals surface area contributed by atoms with E-state index in [0.717, 1.165) is 10.0 Å². The number of phenolic OH excluding ortho intramolecular Hbond substituents is 1. The molecule has 1 amide bonds. The van der Waals surface area contributed by atoms with Crippen molar-refractivity contribution in [2.75, 3.05) is 7.11 Å². The SMILES string of the molecule is COc1cc(/C=N/N=C2\S/C(=C\c3cccc(Br)c3)C(=O)N2Cc2ccco2)ccc1O. The quantitative estimate of drug-likeness (QED) is 0.277. The number of hydrogen-bond acceptors (Lipinski definition) is 7. The van der Waals surface area contributed by atoms with Crippen molar-refractivity contribution in [2.45, 2.75) is 6.54 Å². The maximum Gasteiger partial charge on any atom is 0.267 e. The average molecular weight is 512 g/mol. The zero-order valence-corrected chi connectivity index (χ0v) is 19.3. The number of halogens is 1. The lowest BCUT2D eigenvalue weighted by atomic mass is 10.2. The van der Waals surface area contributed by atoms with Gasteiger partial charge in [0.1, 0.15) is 5.76 Å². The van der Waals surface area contributed by atoms with E-state index in [0.29, 0.717) is 27.1 Å². The van der Waals surface area contributed by atoms with Crippen LogP contribution >= 0.6 is 27.7 Å². The van der Waals surface area contributed by atoms with Crippen LogP contribution in [0, 0.1) is 0 Å². The standard InChI is InChI=1S/C23H18BrN3O4S/c1-30-20-11-16(7-8-19(20)28)13-25-26-23-27(14-18-6-3-9-31-18)22(29)21(32-23)12-15-4-2-5-17(24)10-15/h2-13,28H,14H2,1H3/b21-12-,25-13+,26-23-. The van der Waals surface area contributed by atoms with E-state index in [2.05, 4.69) is 26.1 Å². The number of hydrogen-bond donors (Lipinski definition) is 1. The summed E-state index contributed by atoms with van der Waals surface area (Å²) in [5.41, 5.74) is 1.59.